The van der Waals surface area contributed by atoms with Gasteiger partial charge < -0.3 is 9.88 Å². The van der Waals surface area contributed by atoms with E-state index in [-0.39, 0.29) is 16.9 Å². The first-order valence-corrected chi connectivity index (χ1v) is 10.5. The van der Waals surface area contributed by atoms with Gasteiger partial charge in [-0.15, -0.1) is 0 Å². The van der Waals surface area contributed by atoms with Crippen LogP contribution < -0.4 is 10.7 Å². The molecule has 0 fully saturated rings. The summed E-state index contributed by atoms with van der Waals surface area (Å²) in [5.41, 5.74) is 4.37. The molecule has 3 rings (SSSR count). The van der Waals surface area contributed by atoms with E-state index < -0.39 is 0 Å². The Hall–Kier alpha value is -3.21. The number of aromatic nitrogens is 2. The highest BCUT2D eigenvalue weighted by Crippen LogP contribution is 2.19. The van der Waals surface area contributed by atoms with Crippen LogP contribution in [0, 0.1) is 13.8 Å². The number of nitrogens with one attached hydrogen (secondary N) is 1. The number of hydrogen-bond acceptors (Lipinski definition) is 3. The third-order valence-corrected chi connectivity index (χ3v) is 5.33. The minimum absolute atomic E-state index is 0.229. The molecular weight excluding hydrogens is 374 g/mol. The van der Waals surface area contributed by atoms with Gasteiger partial charge in [0.1, 0.15) is 5.56 Å². The summed E-state index contributed by atoms with van der Waals surface area (Å²) in [7, 11) is 0. The molecule has 0 spiro atoms. The maximum Gasteiger partial charge on any atom is 0.261 e. The third-order valence-electron chi connectivity index (χ3n) is 5.33. The summed E-state index contributed by atoms with van der Waals surface area (Å²) in [4.78, 5) is 30.3. The monoisotopic (exact) mass is 403 g/mol. The average molecular weight is 404 g/mol. The molecule has 0 unspecified atom stereocenters. The smallest absolute Gasteiger partial charge is 0.261 e. The van der Waals surface area contributed by atoms with Crippen molar-refractivity contribution >= 4 is 11.6 Å². The summed E-state index contributed by atoms with van der Waals surface area (Å²) in [6.45, 7) is 6.58. The number of aryl methyl sites for hydroxylation is 2. The number of carbonyl (C=O) groups excluding carboxylic acids is 1. The van der Waals surface area contributed by atoms with E-state index in [9.17, 15) is 9.59 Å². The number of rotatable bonds is 8. The van der Waals surface area contributed by atoms with E-state index in [2.05, 4.69) is 21.8 Å². The number of benzene rings is 1. The zero-order valence-corrected chi connectivity index (χ0v) is 17.9. The first kappa shape index (κ1) is 21.5. The van der Waals surface area contributed by atoms with Crippen molar-refractivity contribution < 1.29 is 4.79 Å². The Morgan fingerprint density at radius 2 is 1.90 bits per heavy atom. The van der Waals surface area contributed by atoms with Gasteiger partial charge in [-0.1, -0.05) is 44.0 Å². The molecule has 2 heterocycles. The Balaban J connectivity index is 2.05. The lowest BCUT2D eigenvalue weighted by Crippen LogP contribution is -2.29. The Morgan fingerprint density at radius 1 is 1.10 bits per heavy atom. The molecule has 2 aromatic heterocycles. The number of para-hydroxylation sites is 1. The number of pyridine rings is 2. The molecule has 0 aliphatic rings. The number of carbonyl (C=O) groups is 1. The molecule has 5 heteroatoms. The summed E-state index contributed by atoms with van der Waals surface area (Å²) in [5.74, 6) is -0.347. The molecule has 0 atom stereocenters. The van der Waals surface area contributed by atoms with E-state index in [1.54, 1.807) is 12.3 Å². The zero-order chi connectivity index (χ0) is 21.5. The largest absolute Gasteiger partial charge is 0.343 e. The maximum absolute atomic E-state index is 13.2. The Morgan fingerprint density at radius 3 is 2.60 bits per heavy atom. The molecular formula is C25H29N3O2. The Bertz CT molecular complexity index is 1070. The maximum atomic E-state index is 13.2. The van der Waals surface area contributed by atoms with Gasteiger partial charge >= 0.3 is 0 Å². The minimum Gasteiger partial charge on any atom is -0.343 e. The fourth-order valence-electron chi connectivity index (χ4n) is 3.67. The number of unbranched alkanes of at least 4 members (excludes halogenated alkanes) is 2. The summed E-state index contributed by atoms with van der Waals surface area (Å²) < 4.78 is 2.08. The van der Waals surface area contributed by atoms with Crippen LogP contribution in [0.15, 0.2) is 59.7 Å². The van der Waals surface area contributed by atoms with Crippen molar-refractivity contribution in [3.05, 3.63) is 93.2 Å². The van der Waals surface area contributed by atoms with Gasteiger partial charge in [-0.05, 0) is 49.9 Å². The van der Waals surface area contributed by atoms with E-state index in [4.69, 9.17) is 0 Å². The van der Waals surface area contributed by atoms with Crippen LogP contribution >= 0.6 is 0 Å². The zero-order valence-electron chi connectivity index (χ0n) is 17.9. The van der Waals surface area contributed by atoms with E-state index in [1.165, 1.54) is 0 Å². The van der Waals surface area contributed by atoms with Crippen LogP contribution in [0.4, 0.5) is 5.69 Å². The molecule has 0 saturated heterocycles. The predicted molar refractivity (Wildman–Crippen MR) is 121 cm³/mol. The van der Waals surface area contributed by atoms with Gasteiger partial charge in [-0.3, -0.25) is 14.6 Å². The second kappa shape index (κ2) is 10.0. The second-order valence-corrected chi connectivity index (χ2v) is 7.65. The van der Waals surface area contributed by atoms with Crippen LogP contribution in [-0.4, -0.2) is 15.5 Å². The normalized spacial score (nSPS) is 10.8. The van der Waals surface area contributed by atoms with Crippen molar-refractivity contribution in [3.8, 4) is 0 Å². The second-order valence-electron chi connectivity index (χ2n) is 7.65. The lowest BCUT2D eigenvalue weighted by molar-refractivity contribution is 0.102. The van der Waals surface area contributed by atoms with Gasteiger partial charge in [-0.25, -0.2) is 0 Å². The lowest BCUT2D eigenvalue weighted by atomic mass is 10.0. The quantitative estimate of drug-likeness (QED) is 0.545. The predicted octanol–water partition coefficient (Wildman–Crippen LogP) is 4.89. The molecule has 1 aromatic carbocycles. The first-order chi connectivity index (χ1) is 14.5. The molecule has 30 heavy (non-hydrogen) atoms. The van der Waals surface area contributed by atoms with Crippen molar-refractivity contribution in [2.24, 2.45) is 0 Å². The molecule has 1 amide bonds. The molecule has 156 valence electrons. The SMILES string of the molecule is CCCCCc1c(C(=O)Nc2ccccc2C)c(=O)cc(C)n1Cc1cccnc1. The molecule has 1 N–H and O–H groups in total. The molecule has 3 aromatic rings. The van der Waals surface area contributed by atoms with Crippen molar-refractivity contribution in [3.63, 3.8) is 0 Å². The van der Waals surface area contributed by atoms with Crippen LogP contribution in [0.2, 0.25) is 0 Å². The van der Waals surface area contributed by atoms with E-state index in [1.807, 2.05) is 56.4 Å². The van der Waals surface area contributed by atoms with Gasteiger partial charge in [0.05, 0.1) is 0 Å². The van der Waals surface area contributed by atoms with Crippen molar-refractivity contribution in [2.75, 3.05) is 5.32 Å². The van der Waals surface area contributed by atoms with Crippen LogP contribution in [0.3, 0.4) is 0 Å². The summed E-state index contributed by atoms with van der Waals surface area (Å²) >= 11 is 0. The highest BCUT2D eigenvalue weighted by molar-refractivity contribution is 6.05. The van der Waals surface area contributed by atoms with Crippen LogP contribution in [0.1, 0.15) is 59.1 Å². The fourth-order valence-corrected chi connectivity index (χ4v) is 3.67. The van der Waals surface area contributed by atoms with E-state index >= 15 is 0 Å². The van der Waals surface area contributed by atoms with Crippen molar-refractivity contribution in [1.29, 1.82) is 0 Å². The van der Waals surface area contributed by atoms with Crippen LogP contribution in [0.5, 0.6) is 0 Å². The minimum atomic E-state index is -0.347. The highest BCUT2D eigenvalue weighted by atomic mass is 16.2. The molecule has 0 aliphatic heterocycles. The van der Waals surface area contributed by atoms with Gasteiger partial charge in [-0.2, -0.15) is 0 Å². The Labute approximate surface area is 177 Å². The summed E-state index contributed by atoms with van der Waals surface area (Å²) in [6, 6.07) is 13.1. The molecule has 5 nitrogen and oxygen atoms in total. The highest BCUT2D eigenvalue weighted by Gasteiger charge is 2.21. The fraction of sp³-hybridized carbons (Fsp3) is 0.320. The number of hydrogen-bond donors (Lipinski definition) is 1. The number of anilines is 1. The molecule has 0 bridgehead atoms. The van der Waals surface area contributed by atoms with Gasteiger partial charge in [0.25, 0.3) is 5.91 Å². The van der Waals surface area contributed by atoms with Gasteiger partial charge in [0.15, 0.2) is 5.43 Å². The first-order valence-electron chi connectivity index (χ1n) is 10.5. The standard InChI is InChI=1S/C25H29N3O2/c1-4-5-6-13-22-24(25(30)27-21-12-8-7-10-18(21)2)23(29)15-19(3)28(22)17-20-11-9-14-26-16-20/h7-12,14-16H,4-6,13,17H2,1-3H3,(H,27,30). The summed E-state index contributed by atoms with van der Waals surface area (Å²) in [5, 5.41) is 2.94. The summed E-state index contributed by atoms with van der Waals surface area (Å²) in [6.07, 6.45) is 7.29. The van der Waals surface area contributed by atoms with Gasteiger partial charge in [0.2, 0.25) is 0 Å². The van der Waals surface area contributed by atoms with Gasteiger partial charge in [0, 0.05) is 42.1 Å². The van der Waals surface area contributed by atoms with Crippen LogP contribution in [0.25, 0.3) is 0 Å². The molecule has 0 radical (unpaired) electrons. The lowest BCUT2D eigenvalue weighted by Gasteiger charge is -2.20. The Kier molecular flexibility index (Phi) is 7.17. The van der Waals surface area contributed by atoms with E-state index in [0.717, 1.165) is 47.5 Å². The number of amides is 1. The third kappa shape index (κ3) is 5.03. The average Bonchev–Trinajstić information content (AvgIpc) is 2.73. The van der Waals surface area contributed by atoms with Crippen LogP contribution in [-0.2, 0) is 13.0 Å². The molecule has 0 aliphatic carbocycles. The topological polar surface area (TPSA) is 64.0 Å². The number of nitrogens with zero attached hydrogens (tertiary/aromatic N) is 2. The molecule has 0 saturated carbocycles. The van der Waals surface area contributed by atoms with E-state index in [0.29, 0.717) is 13.0 Å². The van der Waals surface area contributed by atoms with Crippen molar-refractivity contribution in [2.45, 2.75) is 53.0 Å². The van der Waals surface area contributed by atoms with Crippen molar-refractivity contribution in [1.82, 2.24) is 9.55 Å².